The Morgan fingerprint density at radius 3 is 2.08 bits per heavy atom. The van der Waals surface area contributed by atoms with Crippen molar-refractivity contribution in [3.63, 3.8) is 0 Å². The van der Waals surface area contributed by atoms with E-state index >= 15 is 0 Å². The van der Waals surface area contributed by atoms with E-state index in [4.69, 9.17) is 4.74 Å². The molecule has 14 heteroatoms. The zero-order valence-corrected chi connectivity index (χ0v) is 27.3. The molecule has 1 atom stereocenters. The van der Waals surface area contributed by atoms with E-state index in [0.29, 0.717) is 29.6 Å². The summed E-state index contributed by atoms with van der Waals surface area (Å²) in [6.45, 7) is 7.66. The summed E-state index contributed by atoms with van der Waals surface area (Å²) in [5, 5.41) is 23.7. The van der Waals surface area contributed by atoms with Crippen molar-refractivity contribution in [1.29, 1.82) is 0 Å². The highest BCUT2D eigenvalue weighted by molar-refractivity contribution is 6.03. The summed E-state index contributed by atoms with van der Waals surface area (Å²) in [5.41, 5.74) is 6.68. The van der Waals surface area contributed by atoms with Crippen LogP contribution in [0.25, 0.3) is 33.8 Å². The van der Waals surface area contributed by atoms with E-state index in [-0.39, 0.29) is 25.8 Å². The number of pyridine rings is 5. The highest BCUT2D eigenvalue weighted by atomic mass is 16.5. The van der Waals surface area contributed by atoms with Gasteiger partial charge in [-0.3, -0.25) is 19.7 Å². The Balaban J connectivity index is 0.000000253. The van der Waals surface area contributed by atoms with E-state index in [1.54, 1.807) is 81.4 Å². The number of anilines is 1. The second-order valence-electron chi connectivity index (χ2n) is 10.8. The van der Waals surface area contributed by atoms with Crippen LogP contribution >= 0.6 is 0 Å². The molecule has 1 unspecified atom stereocenters. The molecule has 0 spiro atoms. The third-order valence-corrected chi connectivity index (χ3v) is 7.26. The lowest BCUT2D eigenvalue weighted by molar-refractivity contribution is 0.0519. The number of nitrogens with one attached hydrogen (secondary N) is 1. The highest BCUT2D eigenvalue weighted by Gasteiger charge is 2.17. The van der Waals surface area contributed by atoms with Gasteiger partial charge in [0.2, 0.25) is 5.82 Å². The van der Waals surface area contributed by atoms with Crippen molar-refractivity contribution >= 4 is 17.7 Å². The number of carbonyl (C=O) groups excluding carboxylic acids is 2. The molecule has 14 nitrogen and oxygen atoms in total. The molecule has 0 aliphatic rings. The van der Waals surface area contributed by atoms with Crippen LogP contribution in [0.1, 0.15) is 59.4 Å². The zero-order valence-electron chi connectivity index (χ0n) is 27.3. The Bertz CT molecular complexity index is 2040. The summed E-state index contributed by atoms with van der Waals surface area (Å²) in [6.07, 6.45) is 10.3. The number of hydrogen-bond donors (Lipinski definition) is 2. The number of aromatic nitrogens is 9. The topological polar surface area (TPSA) is 184 Å². The smallest absolute Gasteiger partial charge is 0.356 e. The standard InChI is InChI=1S/C21H20N8O2.C14H14N2O2.CH4/c1-13-10-23-18(9-16(13)15-5-4-8-22-11-15)21(31)25-19-7-3-6-17(24-19)20-26-27-28-29(20)14(2)12-30;1-3-18-14(17)13-7-12(10(2)8-16-13)11-5-4-6-15-9-11;/h3-11,14,30H,12H2,1-2H3,(H,24,25,31);4-9H,3H2,1-2H3;1H4. The number of amides is 1. The lowest BCUT2D eigenvalue weighted by Crippen LogP contribution is -2.16. The van der Waals surface area contributed by atoms with Crippen molar-refractivity contribution in [2.75, 3.05) is 18.5 Å². The number of esters is 1. The van der Waals surface area contributed by atoms with Crippen molar-refractivity contribution in [2.24, 2.45) is 0 Å². The van der Waals surface area contributed by atoms with E-state index in [1.165, 1.54) is 4.68 Å². The van der Waals surface area contributed by atoms with Gasteiger partial charge in [-0.1, -0.05) is 25.6 Å². The Morgan fingerprint density at radius 2 is 1.50 bits per heavy atom. The molecule has 0 bridgehead atoms. The molecule has 6 heterocycles. The van der Waals surface area contributed by atoms with Gasteiger partial charge in [-0.15, -0.1) is 5.10 Å². The van der Waals surface area contributed by atoms with Gasteiger partial charge < -0.3 is 15.2 Å². The molecule has 0 radical (unpaired) electrons. The van der Waals surface area contributed by atoms with Gasteiger partial charge in [0.1, 0.15) is 22.9 Å². The molecule has 2 N–H and O–H groups in total. The molecule has 256 valence electrons. The SMILES string of the molecule is C.CCOC(=O)c1cc(-c2cccnc2)c(C)cn1.Cc1cnc(C(=O)Nc2cccc(-c3nnnn3C(C)CO)n2)cc1-c1cccnc1. The van der Waals surface area contributed by atoms with Gasteiger partial charge in [0, 0.05) is 48.3 Å². The average Bonchev–Trinajstić information content (AvgIpc) is 3.63. The van der Waals surface area contributed by atoms with Crippen LogP contribution in [0.3, 0.4) is 0 Å². The Labute approximate surface area is 289 Å². The van der Waals surface area contributed by atoms with Crippen LogP contribution in [0.4, 0.5) is 5.82 Å². The molecule has 0 saturated carbocycles. The zero-order chi connectivity index (χ0) is 34.8. The Morgan fingerprint density at radius 1 is 0.880 bits per heavy atom. The highest BCUT2D eigenvalue weighted by Crippen LogP contribution is 2.24. The molecule has 50 heavy (non-hydrogen) atoms. The molecule has 6 aromatic rings. The fraction of sp³-hybridized carbons (Fsp3) is 0.222. The monoisotopic (exact) mass is 674 g/mol. The first kappa shape index (κ1) is 36.6. The van der Waals surface area contributed by atoms with Crippen molar-refractivity contribution in [3.8, 4) is 33.8 Å². The van der Waals surface area contributed by atoms with E-state index in [1.807, 2.05) is 38.1 Å². The third kappa shape index (κ3) is 8.79. The van der Waals surface area contributed by atoms with Crippen LogP contribution < -0.4 is 5.32 Å². The molecule has 6 rings (SSSR count). The van der Waals surface area contributed by atoms with Gasteiger partial charge in [0.15, 0.2) is 0 Å². The van der Waals surface area contributed by atoms with E-state index in [2.05, 4.69) is 45.8 Å². The van der Waals surface area contributed by atoms with Crippen molar-refractivity contribution < 1.29 is 19.4 Å². The normalized spacial score (nSPS) is 11.0. The Hall–Kier alpha value is -6.28. The van der Waals surface area contributed by atoms with E-state index in [0.717, 1.165) is 33.4 Å². The number of ether oxygens (including phenoxy) is 1. The maximum atomic E-state index is 12.8. The average molecular weight is 675 g/mol. The number of aliphatic hydroxyl groups excluding tert-OH is 1. The van der Waals surface area contributed by atoms with Gasteiger partial charge >= 0.3 is 5.97 Å². The Kier molecular flexibility index (Phi) is 12.6. The van der Waals surface area contributed by atoms with Gasteiger partial charge in [-0.05, 0) is 96.8 Å². The third-order valence-electron chi connectivity index (χ3n) is 7.26. The van der Waals surface area contributed by atoms with Gasteiger partial charge in [0.25, 0.3) is 5.91 Å². The van der Waals surface area contributed by atoms with E-state index < -0.39 is 11.9 Å². The van der Waals surface area contributed by atoms with Crippen LogP contribution in [0, 0.1) is 13.8 Å². The first-order valence-electron chi connectivity index (χ1n) is 15.4. The number of tetrazole rings is 1. The van der Waals surface area contributed by atoms with Gasteiger partial charge in [-0.25, -0.2) is 19.4 Å². The number of hydrogen-bond acceptors (Lipinski definition) is 12. The summed E-state index contributed by atoms with van der Waals surface area (Å²) in [4.78, 5) is 45.5. The van der Waals surface area contributed by atoms with Gasteiger partial charge in [0.05, 0.1) is 19.3 Å². The maximum Gasteiger partial charge on any atom is 0.356 e. The lowest BCUT2D eigenvalue weighted by atomic mass is 10.0. The second-order valence-corrected chi connectivity index (χ2v) is 10.8. The van der Waals surface area contributed by atoms with Crippen molar-refractivity contribution in [1.82, 2.24) is 45.1 Å². The molecule has 0 saturated heterocycles. The first-order valence-corrected chi connectivity index (χ1v) is 15.4. The van der Waals surface area contributed by atoms with Gasteiger partial charge in [-0.2, -0.15) is 0 Å². The summed E-state index contributed by atoms with van der Waals surface area (Å²) >= 11 is 0. The predicted molar refractivity (Wildman–Crippen MR) is 188 cm³/mol. The van der Waals surface area contributed by atoms with Crippen molar-refractivity contribution in [2.45, 2.75) is 41.2 Å². The quantitative estimate of drug-likeness (QED) is 0.182. The molecule has 6 aromatic heterocycles. The molecule has 1 amide bonds. The van der Waals surface area contributed by atoms with Crippen LogP contribution in [0.15, 0.2) is 91.8 Å². The minimum Gasteiger partial charge on any atom is -0.461 e. The molecule has 0 aliphatic carbocycles. The van der Waals surface area contributed by atoms with Crippen LogP contribution in [0.2, 0.25) is 0 Å². The molecule has 0 aromatic carbocycles. The first-order chi connectivity index (χ1) is 23.8. The fourth-order valence-corrected chi connectivity index (χ4v) is 4.70. The summed E-state index contributed by atoms with van der Waals surface area (Å²) in [5.74, 6) is -0.0651. The van der Waals surface area contributed by atoms with Crippen LogP contribution in [-0.4, -0.2) is 75.3 Å². The molecule has 0 fully saturated rings. The lowest BCUT2D eigenvalue weighted by Gasteiger charge is -2.11. The molecular weight excluding hydrogens is 636 g/mol. The number of aryl methyl sites for hydroxylation is 2. The second kappa shape index (κ2) is 17.2. The number of nitrogens with zero attached hydrogens (tertiary/aromatic N) is 9. The molecular formula is C36H38N10O4. The largest absolute Gasteiger partial charge is 0.461 e. The van der Waals surface area contributed by atoms with Crippen LogP contribution in [-0.2, 0) is 4.74 Å². The minimum absolute atomic E-state index is 0. The molecule has 0 aliphatic heterocycles. The van der Waals surface area contributed by atoms with E-state index in [9.17, 15) is 14.7 Å². The summed E-state index contributed by atoms with van der Waals surface area (Å²) in [7, 11) is 0. The number of carbonyl (C=O) groups is 2. The predicted octanol–water partition coefficient (Wildman–Crippen LogP) is 5.57. The van der Waals surface area contributed by atoms with Crippen LogP contribution in [0.5, 0.6) is 0 Å². The van der Waals surface area contributed by atoms with Crippen molar-refractivity contribution in [3.05, 3.63) is 114 Å². The number of rotatable bonds is 9. The fourth-order valence-electron chi connectivity index (χ4n) is 4.70. The maximum absolute atomic E-state index is 12.8. The minimum atomic E-state index is -0.400. The summed E-state index contributed by atoms with van der Waals surface area (Å²) in [6, 6.07) is 15.9. The number of aliphatic hydroxyl groups is 1. The summed E-state index contributed by atoms with van der Waals surface area (Å²) < 4.78 is 6.42.